The van der Waals surface area contributed by atoms with E-state index in [1.807, 2.05) is 42.5 Å². The molecule has 7 nitrogen and oxygen atoms in total. The normalized spacial score (nSPS) is 18.6. The van der Waals surface area contributed by atoms with Gasteiger partial charge in [-0.25, -0.2) is 0 Å². The molecule has 1 aromatic heterocycles. The molecule has 32 heavy (non-hydrogen) atoms. The lowest BCUT2D eigenvalue weighted by Crippen LogP contribution is -2.52. The van der Waals surface area contributed by atoms with Gasteiger partial charge in [0.15, 0.2) is 0 Å². The summed E-state index contributed by atoms with van der Waals surface area (Å²) in [4.78, 5) is 26.7. The summed E-state index contributed by atoms with van der Waals surface area (Å²) < 4.78 is 11.2. The molecule has 166 valence electrons. The van der Waals surface area contributed by atoms with Crippen molar-refractivity contribution in [1.82, 2.24) is 4.90 Å². The Morgan fingerprint density at radius 2 is 1.84 bits per heavy atom. The van der Waals surface area contributed by atoms with E-state index in [-0.39, 0.29) is 25.0 Å². The highest BCUT2D eigenvalue weighted by atomic mass is 16.5. The average Bonchev–Trinajstić information content (AvgIpc) is 3.14. The van der Waals surface area contributed by atoms with Crippen LogP contribution in [0.3, 0.4) is 0 Å². The number of hydrogen-bond donors (Lipinski definition) is 2. The average molecular weight is 434 g/mol. The molecule has 4 rings (SSSR count). The first-order chi connectivity index (χ1) is 15.5. The molecule has 2 aromatic carbocycles. The SMILES string of the molecule is Cc1cc(C(=O)Nc2ccc(C3OCC(=O)N(Cc4ccccc4)C3CO)cc2)c(C)o1. The summed E-state index contributed by atoms with van der Waals surface area (Å²) in [5.74, 6) is 0.857. The first-order valence-corrected chi connectivity index (χ1v) is 10.5. The number of furan rings is 1. The van der Waals surface area contributed by atoms with E-state index in [1.54, 1.807) is 36.9 Å². The highest BCUT2D eigenvalue weighted by Crippen LogP contribution is 2.31. The molecule has 2 atom stereocenters. The van der Waals surface area contributed by atoms with E-state index in [0.29, 0.717) is 29.3 Å². The van der Waals surface area contributed by atoms with E-state index in [9.17, 15) is 14.7 Å². The van der Waals surface area contributed by atoms with Crippen molar-refractivity contribution in [3.63, 3.8) is 0 Å². The highest BCUT2D eigenvalue weighted by molar-refractivity contribution is 6.05. The maximum atomic E-state index is 12.5. The summed E-state index contributed by atoms with van der Waals surface area (Å²) in [5, 5.41) is 12.9. The number of carbonyl (C=O) groups is 2. The number of nitrogens with one attached hydrogen (secondary N) is 1. The number of aryl methyl sites for hydroxylation is 2. The van der Waals surface area contributed by atoms with Gasteiger partial charge in [0.05, 0.1) is 18.2 Å². The molecule has 1 saturated heterocycles. The Kier molecular flexibility index (Phi) is 6.39. The quantitative estimate of drug-likeness (QED) is 0.618. The maximum absolute atomic E-state index is 12.5. The van der Waals surface area contributed by atoms with E-state index in [2.05, 4.69) is 5.32 Å². The molecule has 1 fully saturated rings. The summed E-state index contributed by atoms with van der Waals surface area (Å²) in [5.41, 5.74) is 2.94. The van der Waals surface area contributed by atoms with Gasteiger partial charge >= 0.3 is 0 Å². The Morgan fingerprint density at radius 1 is 1.12 bits per heavy atom. The molecule has 3 aromatic rings. The molecule has 2 unspecified atom stereocenters. The zero-order chi connectivity index (χ0) is 22.7. The van der Waals surface area contributed by atoms with Gasteiger partial charge in [-0.3, -0.25) is 9.59 Å². The lowest BCUT2D eigenvalue weighted by molar-refractivity contribution is -0.162. The summed E-state index contributed by atoms with van der Waals surface area (Å²) >= 11 is 0. The number of aliphatic hydroxyl groups excluding tert-OH is 1. The Hall–Kier alpha value is -3.42. The number of ether oxygens (including phenoxy) is 1. The Bertz CT molecular complexity index is 1090. The van der Waals surface area contributed by atoms with Crippen LogP contribution in [0.4, 0.5) is 5.69 Å². The van der Waals surface area contributed by atoms with Crippen molar-refractivity contribution in [2.75, 3.05) is 18.5 Å². The minimum Gasteiger partial charge on any atom is -0.466 e. The summed E-state index contributed by atoms with van der Waals surface area (Å²) in [6.45, 7) is 3.68. The molecular weight excluding hydrogens is 408 g/mol. The second kappa shape index (κ2) is 9.38. The first kappa shape index (κ1) is 21.8. The zero-order valence-electron chi connectivity index (χ0n) is 18.1. The minimum absolute atomic E-state index is 0.0500. The van der Waals surface area contributed by atoms with Crippen LogP contribution in [0.5, 0.6) is 0 Å². The number of rotatable bonds is 6. The van der Waals surface area contributed by atoms with E-state index < -0.39 is 12.1 Å². The molecule has 0 saturated carbocycles. The number of hydrogen-bond acceptors (Lipinski definition) is 5. The van der Waals surface area contributed by atoms with E-state index in [4.69, 9.17) is 9.15 Å². The molecule has 0 spiro atoms. The Morgan fingerprint density at radius 3 is 2.47 bits per heavy atom. The van der Waals surface area contributed by atoms with Crippen LogP contribution in [0.2, 0.25) is 0 Å². The van der Waals surface area contributed by atoms with Gasteiger partial charge in [-0.15, -0.1) is 0 Å². The third-order valence-corrected chi connectivity index (χ3v) is 5.62. The van der Waals surface area contributed by atoms with Crippen molar-refractivity contribution in [2.24, 2.45) is 0 Å². The van der Waals surface area contributed by atoms with E-state index in [1.165, 1.54) is 0 Å². The van der Waals surface area contributed by atoms with Crippen LogP contribution >= 0.6 is 0 Å². The molecule has 0 bridgehead atoms. The van der Waals surface area contributed by atoms with E-state index in [0.717, 1.165) is 11.1 Å². The molecular formula is C25H26N2O5. The lowest BCUT2D eigenvalue weighted by atomic mass is 9.98. The number of amides is 2. The molecule has 0 aliphatic carbocycles. The summed E-state index contributed by atoms with van der Waals surface area (Å²) in [6.07, 6.45) is -0.468. The lowest BCUT2D eigenvalue weighted by Gasteiger charge is -2.40. The minimum atomic E-state index is -0.506. The molecule has 1 aliphatic heterocycles. The standard InChI is InChI=1S/C25H26N2O5/c1-16-12-21(17(2)32-16)25(30)26-20-10-8-19(9-11-20)24-22(14-28)27(23(29)15-31-24)13-18-6-4-3-5-7-18/h3-12,22,24,28H,13-15H2,1-2H3,(H,26,30). The van der Waals surface area contributed by atoms with Gasteiger partial charge in [0.25, 0.3) is 5.91 Å². The van der Waals surface area contributed by atoms with Crippen molar-refractivity contribution >= 4 is 17.5 Å². The van der Waals surface area contributed by atoms with Crippen molar-refractivity contribution in [3.05, 3.63) is 88.9 Å². The topological polar surface area (TPSA) is 92.0 Å². The van der Waals surface area contributed by atoms with Gasteiger partial charge in [-0.05, 0) is 43.2 Å². The molecule has 7 heteroatoms. The number of carbonyl (C=O) groups excluding carboxylic acids is 2. The summed E-state index contributed by atoms with van der Waals surface area (Å²) in [7, 11) is 0. The monoisotopic (exact) mass is 434 g/mol. The van der Waals surface area contributed by atoms with Gasteiger partial charge in [0.1, 0.15) is 24.2 Å². The van der Waals surface area contributed by atoms with Crippen LogP contribution < -0.4 is 5.32 Å². The van der Waals surface area contributed by atoms with Crippen LogP contribution in [0.15, 0.2) is 65.1 Å². The Balaban J connectivity index is 1.49. The molecule has 2 heterocycles. The van der Waals surface area contributed by atoms with Crippen LogP contribution in [0.25, 0.3) is 0 Å². The second-order valence-electron chi connectivity index (χ2n) is 7.89. The number of morpholine rings is 1. The maximum Gasteiger partial charge on any atom is 0.259 e. The van der Waals surface area contributed by atoms with Gasteiger partial charge < -0.3 is 24.5 Å². The predicted octanol–water partition coefficient (Wildman–Crippen LogP) is 3.61. The van der Waals surface area contributed by atoms with E-state index >= 15 is 0 Å². The largest absolute Gasteiger partial charge is 0.466 e. The number of aliphatic hydroxyl groups is 1. The molecule has 0 radical (unpaired) electrons. The summed E-state index contributed by atoms with van der Waals surface area (Å²) in [6, 6.07) is 18.1. The zero-order valence-corrected chi connectivity index (χ0v) is 18.1. The molecule has 1 aliphatic rings. The van der Waals surface area contributed by atoms with Gasteiger partial charge in [0, 0.05) is 12.2 Å². The second-order valence-corrected chi connectivity index (χ2v) is 7.89. The van der Waals surface area contributed by atoms with Crippen LogP contribution in [-0.4, -0.2) is 41.1 Å². The van der Waals surface area contributed by atoms with Crippen LogP contribution in [0, 0.1) is 13.8 Å². The number of benzene rings is 2. The number of anilines is 1. The predicted molar refractivity (Wildman–Crippen MR) is 119 cm³/mol. The third-order valence-electron chi connectivity index (χ3n) is 5.62. The highest BCUT2D eigenvalue weighted by Gasteiger charge is 2.37. The molecule has 2 amide bonds. The molecule has 2 N–H and O–H groups in total. The fourth-order valence-electron chi connectivity index (χ4n) is 4.01. The van der Waals surface area contributed by atoms with Crippen LogP contribution in [-0.2, 0) is 16.1 Å². The van der Waals surface area contributed by atoms with Gasteiger partial charge in [-0.1, -0.05) is 42.5 Å². The third kappa shape index (κ3) is 4.59. The number of nitrogens with zero attached hydrogens (tertiary/aromatic N) is 1. The van der Waals surface area contributed by atoms with Crippen molar-refractivity contribution in [1.29, 1.82) is 0 Å². The van der Waals surface area contributed by atoms with Crippen LogP contribution in [0.1, 0.15) is 39.1 Å². The van der Waals surface area contributed by atoms with Gasteiger partial charge in [0.2, 0.25) is 5.91 Å². The van der Waals surface area contributed by atoms with Crippen molar-refractivity contribution < 1.29 is 23.8 Å². The van der Waals surface area contributed by atoms with Crippen molar-refractivity contribution in [2.45, 2.75) is 32.5 Å². The first-order valence-electron chi connectivity index (χ1n) is 10.5. The fourth-order valence-corrected chi connectivity index (χ4v) is 4.01. The van der Waals surface area contributed by atoms with Crippen molar-refractivity contribution in [3.8, 4) is 0 Å². The Labute approximate surface area is 186 Å². The van der Waals surface area contributed by atoms with Gasteiger partial charge in [-0.2, -0.15) is 0 Å². The smallest absolute Gasteiger partial charge is 0.259 e. The fraction of sp³-hybridized carbons (Fsp3) is 0.280.